The maximum atomic E-state index is 10.1. The molecule has 0 bridgehead atoms. The number of aromatic nitrogens is 3. The maximum absolute atomic E-state index is 10.1. The zero-order valence-electron chi connectivity index (χ0n) is 16.4. The number of fused-ring (bicyclic) bond motifs is 3. The zero-order valence-corrected chi connectivity index (χ0v) is 18.0. The topological polar surface area (TPSA) is 67.0 Å². The van der Waals surface area contributed by atoms with Gasteiger partial charge in [0.2, 0.25) is 0 Å². The Hall–Kier alpha value is -3.15. The summed E-state index contributed by atoms with van der Waals surface area (Å²) >= 11 is 3.27. The molecule has 3 aromatic rings. The van der Waals surface area contributed by atoms with Gasteiger partial charge >= 0.3 is 0 Å². The molecule has 0 radical (unpaired) electrons. The van der Waals surface area contributed by atoms with Crippen LogP contribution in [-0.4, -0.2) is 33.8 Å². The highest BCUT2D eigenvalue weighted by Crippen LogP contribution is 2.43. The van der Waals surface area contributed by atoms with Gasteiger partial charge in [0.05, 0.1) is 24.2 Å². The predicted octanol–water partition coefficient (Wildman–Crippen LogP) is 4.75. The highest BCUT2D eigenvalue weighted by molar-refractivity contribution is 8.06. The molecule has 3 heterocycles. The molecular formula is C22H17N5OS2. The molecule has 0 saturated heterocycles. The van der Waals surface area contributed by atoms with E-state index < -0.39 is 0 Å². The lowest BCUT2D eigenvalue weighted by Gasteiger charge is -2.21. The van der Waals surface area contributed by atoms with Gasteiger partial charge in [0, 0.05) is 17.4 Å². The molecule has 6 nitrogen and oxygen atoms in total. The first-order valence-corrected chi connectivity index (χ1v) is 11.1. The Morgan fingerprint density at radius 1 is 1.13 bits per heavy atom. The summed E-state index contributed by atoms with van der Waals surface area (Å²) in [5.74, 6) is 2.99. The van der Waals surface area contributed by atoms with Crippen LogP contribution in [0.5, 0.6) is 5.75 Å². The maximum Gasteiger partial charge on any atom is 0.182 e. The standard InChI is InChI=1S/C22H17N5OS2/c1-26-18(14-7-9-15(28-2)10-8-14)12-30-22(26)16(11-23)21-25-24-20-13-29-19-6-4-3-5-17(19)27(20)21/h3-10,12H,13H2,1-2H3. The highest BCUT2D eigenvalue weighted by Gasteiger charge is 2.29. The molecule has 0 atom stereocenters. The van der Waals surface area contributed by atoms with Crippen LogP contribution < -0.4 is 4.74 Å². The van der Waals surface area contributed by atoms with Gasteiger partial charge in [-0.3, -0.25) is 4.57 Å². The number of rotatable bonds is 3. The van der Waals surface area contributed by atoms with E-state index in [0.29, 0.717) is 11.4 Å². The van der Waals surface area contributed by atoms with Crippen LogP contribution in [0, 0.1) is 11.3 Å². The fraction of sp³-hybridized carbons (Fsp3) is 0.136. The van der Waals surface area contributed by atoms with E-state index in [2.05, 4.69) is 27.7 Å². The minimum absolute atomic E-state index is 0.516. The van der Waals surface area contributed by atoms with Crippen molar-refractivity contribution in [3.05, 3.63) is 76.2 Å². The first-order valence-electron chi connectivity index (χ1n) is 9.27. The smallest absolute Gasteiger partial charge is 0.182 e. The molecular weight excluding hydrogens is 414 g/mol. The van der Waals surface area contributed by atoms with E-state index in [9.17, 15) is 5.26 Å². The third-order valence-corrected chi connectivity index (χ3v) is 7.18. The summed E-state index contributed by atoms with van der Waals surface area (Å²) in [6.07, 6.45) is 0. The van der Waals surface area contributed by atoms with Crippen molar-refractivity contribution in [1.82, 2.24) is 19.7 Å². The Balaban J connectivity index is 1.56. The SMILES string of the molecule is COc1ccc(C2=CSC(=C(C#N)c3nnc4n3-c3ccccc3SC4)N2C)cc1. The number of allylic oxidation sites excluding steroid dienone is 1. The van der Waals surface area contributed by atoms with Crippen LogP contribution in [-0.2, 0) is 5.75 Å². The van der Waals surface area contributed by atoms with Gasteiger partial charge in [0.15, 0.2) is 5.82 Å². The van der Waals surface area contributed by atoms with Crippen molar-refractivity contribution in [1.29, 1.82) is 5.26 Å². The van der Waals surface area contributed by atoms with Crippen molar-refractivity contribution in [3.63, 3.8) is 0 Å². The number of hydrogen-bond donors (Lipinski definition) is 0. The van der Waals surface area contributed by atoms with Gasteiger partial charge in [-0.15, -0.1) is 22.0 Å². The second kappa shape index (κ2) is 7.59. The fourth-order valence-electron chi connectivity index (χ4n) is 3.55. The zero-order chi connectivity index (χ0) is 20.7. The van der Waals surface area contributed by atoms with Crippen LogP contribution in [0.25, 0.3) is 17.0 Å². The average Bonchev–Trinajstić information content (AvgIpc) is 3.39. The van der Waals surface area contributed by atoms with Gasteiger partial charge in [0.25, 0.3) is 0 Å². The molecule has 30 heavy (non-hydrogen) atoms. The van der Waals surface area contributed by atoms with Crippen molar-refractivity contribution >= 4 is 34.8 Å². The third-order valence-electron chi connectivity index (χ3n) is 5.08. The molecule has 0 aliphatic carbocycles. The second-order valence-electron chi connectivity index (χ2n) is 6.73. The van der Waals surface area contributed by atoms with E-state index in [1.165, 1.54) is 11.8 Å². The lowest BCUT2D eigenvalue weighted by molar-refractivity contribution is 0.414. The van der Waals surface area contributed by atoms with Crippen LogP contribution in [0.15, 0.2) is 63.9 Å². The quantitative estimate of drug-likeness (QED) is 0.554. The number of hydrogen-bond acceptors (Lipinski definition) is 7. The van der Waals surface area contributed by atoms with E-state index in [1.54, 1.807) is 18.9 Å². The third kappa shape index (κ3) is 2.98. The molecule has 0 N–H and O–H groups in total. The normalized spacial score (nSPS) is 16.4. The average molecular weight is 432 g/mol. The van der Waals surface area contributed by atoms with Gasteiger partial charge in [-0.2, -0.15) is 5.26 Å². The van der Waals surface area contributed by atoms with Gasteiger partial charge in [-0.1, -0.05) is 23.9 Å². The van der Waals surface area contributed by atoms with Crippen molar-refractivity contribution in [2.45, 2.75) is 10.6 Å². The Morgan fingerprint density at radius 2 is 1.93 bits per heavy atom. The summed E-state index contributed by atoms with van der Waals surface area (Å²) in [7, 11) is 3.63. The molecule has 0 fully saturated rings. The van der Waals surface area contributed by atoms with Crippen LogP contribution in [0.1, 0.15) is 17.2 Å². The summed E-state index contributed by atoms with van der Waals surface area (Å²) in [6, 6.07) is 18.4. The summed E-state index contributed by atoms with van der Waals surface area (Å²) in [5, 5.41) is 21.8. The molecule has 2 aromatic carbocycles. The number of thioether (sulfide) groups is 2. The minimum Gasteiger partial charge on any atom is -0.497 e. The van der Waals surface area contributed by atoms with Crippen molar-refractivity contribution in [2.75, 3.05) is 14.2 Å². The Bertz CT molecular complexity index is 1240. The van der Waals surface area contributed by atoms with E-state index >= 15 is 0 Å². The first kappa shape index (κ1) is 18.9. The van der Waals surface area contributed by atoms with E-state index in [0.717, 1.165) is 44.2 Å². The number of nitrogens with zero attached hydrogens (tertiary/aromatic N) is 5. The number of benzene rings is 2. The van der Waals surface area contributed by atoms with Gasteiger partial charge in [-0.05, 0) is 42.0 Å². The Morgan fingerprint density at radius 3 is 2.70 bits per heavy atom. The fourth-order valence-corrected chi connectivity index (χ4v) is 5.54. The first-order chi connectivity index (χ1) is 14.7. The van der Waals surface area contributed by atoms with E-state index in [-0.39, 0.29) is 0 Å². The molecule has 8 heteroatoms. The van der Waals surface area contributed by atoms with Crippen molar-refractivity contribution in [2.24, 2.45) is 0 Å². The largest absolute Gasteiger partial charge is 0.497 e. The molecule has 0 spiro atoms. The number of ether oxygens (including phenoxy) is 1. The van der Waals surface area contributed by atoms with Gasteiger partial charge in [-0.25, -0.2) is 0 Å². The second-order valence-corrected chi connectivity index (χ2v) is 8.61. The molecule has 1 aromatic heterocycles. The minimum atomic E-state index is 0.516. The lowest BCUT2D eigenvalue weighted by atomic mass is 10.1. The Labute approximate surface area is 182 Å². The van der Waals surface area contributed by atoms with Gasteiger partial charge in [0.1, 0.15) is 28.2 Å². The molecule has 5 rings (SSSR count). The van der Waals surface area contributed by atoms with Gasteiger partial charge < -0.3 is 9.64 Å². The van der Waals surface area contributed by atoms with E-state index in [4.69, 9.17) is 4.74 Å². The lowest BCUT2D eigenvalue weighted by Crippen LogP contribution is -2.14. The number of methoxy groups -OCH3 is 1. The highest BCUT2D eigenvalue weighted by atomic mass is 32.2. The van der Waals surface area contributed by atoms with Crippen molar-refractivity contribution < 1.29 is 4.74 Å². The number of para-hydroxylation sites is 1. The summed E-state index contributed by atoms with van der Waals surface area (Å²) in [5.41, 5.74) is 3.62. The molecule has 0 unspecified atom stereocenters. The summed E-state index contributed by atoms with van der Waals surface area (Å²) in [6.45, 7) is 0. The summed E-state index contributed by atoms with van der Waals surface area (Å²) < 4.78 is 7.27. The summed E-state index contributed by atoms with van der Waals surface area (Å²) in [4.78, 5) is 3.20. The van der Waals surface area contributed by atoms with Crippen LogP contribution in [0.3, 0.4) is 0 Å². The molecule has 0 saturated carbocycles. The van der Waals surface area contributed by atoms with Crippen LogP contribution >= 0.6 is 23.5 Å². The van der Waals surface area contributed by atoms with E-state index in [1.807, 2.05) is 59.0 Å². The van der Waals surface area contributed by atoms with Crippen LogP contribution in [0.4, 0.5) is 0 Å². The predicted molar refractivity (Wildman–Crippen MR) is 120 cm³/mol. The Kier molecular flexibility index (Phi) is 4.77. The molecule has 2 aliphatic rings. The number of nitriles is 1. The van der Waals surface area contributed by atoms with Crippen LogP contribution in [0.2, 0.25) is 0 Å². The monoisotopic (exact) mass is 431 g/mol. The molecule has 2 aliphatic heterocycles. The molecule has 0 amide bonds. The van der Waals surface area contributed by atoms with Crippen molar-refractivity contribution in [3.8, 4) is 17.5 Å². The molecule has 148 valence electrons.